The highest BCUT2D eigenvalue weighted by Gasteiger charge is 2.28. The summed E-state index contributed by atoms with van der Waals surface area (Å²) >= 11 is 0. The number of hydrogen-bond donors (Lipinski definition) is 2. The smallest absolute Gasteiger partial charge is 0.185 e. The fourth-order valence-corrected chi connectivity index (χ4v) is 1.54. The molecule has 0 aromatic carbocycles. The molecule has 0 amide bonds. The van der Waals surface area contributed by atoms with E-state index in [4.69, 9.17) is 15.2 Å². The number of anilines is 2. The number of nitrogens with zero attached hydrogens (tertiary/aromatic N) is 2. The van der Waals surface area contributed by atoms with Gasteiger partial charge in [0.2, 0.25) is 0 Å². The molecular weight excluding hydrogens is 239 g/mol. The van der Waals surface area contributed by atoms with E-state index in [9.17, 15) is 4.39 Å². The number of nitrogen functional groups attached to an aromatic ring is 1. The van der Waals surface area contributed by atoms with E-state index >= 15 is 0 Å². The SMILES string of the molecule is CCO[C@@H]1C=C(F)[C@H](Nc2ncnc(N)c2C)O1. The van der Waals surface area contributed by atoms with Gasteiger partial charge in [-0.25, -0.2) is 14.4 Å². The van der Waals surface area contributed by atoms with Crippen molar-refractivity contribution in [3.8, 4) is 0 Å². The van der Waals surface area contributed by atoms with Gasteiger partial charge in [-0.3, -0.25) is 0 Å². The van der Waals surface area contributed by atoms with Crippen molar-refractivity contribution in [1.29, 1.82) is 0 Å². The fraction of sp³-hybridized carbons (Fsp3) is 0.455. The Labute approximate surface area is 104 Å². The standard InChI is InChI=1S/C11H15FN4O2/c1-3-17-8-4-7(12)11(18-8)16-10-6(2)9(13)14-5-15-10/h4-5,8,11H,3H2,1-2H3,(H3,13,14,15,16)/t8-,11+/m0/s1. The Bertz CT molecular complexity index is 466. The molecule has 3 N–H and O–H groups in total. The molecule has 0 radical (unpaired) electrons. The zero-order valence-corrected chi connectivity index (χ0v) is 10.2. The molecule has 1 aromatic heterocycles. The average Bonchev–Trinajstić information content (AvgIpc) is 2.66. The summed E-state index contributed by atoms with van der Waals surface area (Å²) in [6.07, 6.45) is 1.00. The summed E-state index contributed by atoms with van der Waals surface area (Å²) in [5, 5.41) is 2.81. The predicted molar refractivity (Wildman–Crippen MR) is 64.3 cm³/mol. The summed E-state index contributed by atoms with van der Waals surface area (Å²) in [4.78, 5) is 7.82. The van der Waals surface area contributed by atoms with Crippen molar-refractivity contribution in [2.24, 2.45) is 0 Å². The normalized spacial score (nSPS) is 22.9. The fourth-order valence-electron chi connectivity index (χ4n) is 1.54. The molecule has 0 spiro atoms. The molecule has 0 saturated heterocycles. The summed E-state index contributed by atoms with van der Waals surface area (Å²) in [5.41, 5.74) is 6.29. The molecule has 0 fully saturated rings. The number of hydrogen-bond acceptors (Lipinski definition) is 6. The zero-order valence-electron chi connectivity index (χ0n) is 10.2. The van der Waals surface area contributed by atoms with Gasteiger partial charge in [-0.1, -0.05) is 0 Å². The van der Waals surface area contributed by atoms with E-state index in [-0.39, 0.29) is 0 Å². The first-order valence-corrected chi connectivity index (χ1v) is 5.59. The number of ether oxygens (including phenoxy) is 2. The lowest BCUT2D eigenvalue weighted by Gasteiger charge is -2.17. The Hall–Kier alpha value is -1.73. The van der Waals surface area contributed by atoms with E-state index in [2.05, 4.69) is 15.3 Å². The third kappa shape index (κ3) is 2.57. The minimum atomic E-state index is -0.908. The maximum absolute atomic E-state index is 13.6. The first-order valence-electron chi connectivity index (χ1n) is 5.59. The Balaban J connectivity index is 2.07. The molecule has 6 nitrogen and oxygen atoms in total. The van der Waals surface area contributed by atoms with Crippen LogP contribution in [0.15, 0.2) is 18.2 Å². The van der Waals surface area contributed by atoms with E-state index in [1.165, 1.54) is 12.4 Å². The molecule has 2 atom stereocenters. The number of halogens is 1. The minimum Gasteiger partial charge on any atom is -0.383 e. The number of rotatable bonds is 4. The van der Waals surface area contributed by atoms with Gasteiger partial charge in [0.15, 0.2) is 18.3 Å². The van der Waals surface area contributed by atoms with Crippen LogP contribution in [0.25, 0.3) is 0 Å². The third-order valence-corrected chi connectivity index (χ3v) is 2.54. The zero-order chi connectivity index (χ0) is 13.1. The van der Waals surface area contributed by atoms with Gasteiger partial charge < -0.3 is 20.5 Å². The first kappa shape index (κ1) is 12.7. The van der Waals surface area contributed by atoms with Crippen LogP contribution in [-0.2, 0) is 9.47 Å². The monoisotopic (exact) mass is 254 g/mol. The molecule has 0 bridgehead atoms. The summed E-state index contributed by atoms with van der Waals surface area (Å²) in [6.45, 7) is 4.00. The van der Waals surface area contributed by atoms with Crippen molar-refractivity contribution >= 4 is 11.6 Å². The van der Waals surface area contributed by atoms with E-state index in [1.54, 1.807) is 6.92 Å². The van der Waals surface area contributed by atoms with Crippen LogP contribution in [0.2, 0.25) is 0 Å². The highest BCUT2D eigenvalue weighted by Crippen LogP contribution is 2.25. The van der Waals surface area contributed by atoms with Crippen molar-refractivity contribution in [3.63, 3.8) is 0 Å². The van der Waals surface area contributed by atoms with Gasteiger partial charge in [0.05, 0.1) is 0 Å². The Morgan fingerprint density at radius 2 is 2.33 bits per heavy atom. The highest BCUT2D eigenvalue weighted by molar-refractivity contribution is 5.54. The molecule has 1 aliphatic rings. The molecule has 98 valence electrons. The number of nitrogens with two attached hydrogens (primary N) is 1. The van der Waals surface area contributed by atoms with E-state index in [0.717, 1.165) is 0 Å². The lowest BCUT2D eigenvalue weighted by molar-refractivity contribution is -0.110. The largest absolute Gasteiger partial charge is 0.383 e. The van der Waals surface area contributed by atoms with Gasteiger partial charge in [-0.05, 0) is 13.8 Å². The van der Waals surface area contributed by atoms with Gasteiger partial charge in [0.25, 0.3) is 0 Å². The lowest BCUT2D eigenvalue weighted by Crippen LogP contribution is -2.25. The molecule has 7 heteroatoms. The maximum Gasteiger partial charge on any atom is 0.185 e. The second-order valence-electron chi connectivity index (χ2n) is 3.77. The van der Waals surface area contributed by atoms with Gasteiger partial charge in [-0.15, -0.1) is 0 Å². The summed E-state index contributed by atoms with van der Waals surface area (Å²) in [6, 6.07) is 0. The highest BCUT2D eigenvalue weighted by atomic mass is 19.1. The van der Waals surface area contributed by atoms with Crippen LogP contribution in [0.1, 0.15) is 12.5 Å². The van der Waals surface area contributed by atoms with Crippen molar-refractivity contribution in [3.05, 3.63) is 23.8 Å². The lowest BCUT2D eigenvalue weighted by atomic mass is 10.3. The second kappa shape index (κ2) is 5.28. The maximum atomic E-state index is 13.6. The molecule has 2 rings (SSSR count). The van der Waals surface area contributed by atoms with Gasteiger partial charge in [0.1, 0.15) is 18.0 Å². The van der Waals surface area contributed by atoms with Crippen molar-refractivity contribution in [1.82, 2.24) is 9.97 Å². The summed E-state index contributed by atoms with van der Waals surface area (Å²) in [5.74, 6) is 0.342. The van der Waals surface area contributed by atoms with Crippen LogP contribution in [0.3, 0.4) is 0 Å². The first-order chi connectivity index (χ1) is 8.61. The summed E-state index contributed by atoms with van der Waals surface area (Å²) in [7, 11) is 0. The van der Waals surface area contributed by atoms with Gasteiger partial charge >= 0.3 is 0 Å². The summed E-state index contributed by atoms with van der Waals surface area (Å²) < 4.78 is 24.1. The molecule has 1 aliphatic heterocycles. The van der Waals surface area contributed by atoms with Crippen LogP contribution < -0.4 is 11.1 Å². The molecule has 0 saturated carbocycles. The van der Waals surface area contributed by atoms with Crippen LogP contribution >= 0.6 is 0 Å². The van der Waals surface area contributed by atoms with Crippen molar-refractivity contribution < 1.29 is 13.9 Å². The average molecular weight is 254 g/mol. The number of nitrogens with one attached hydrogen (secondary N) is 1. The van der Waals surface area contributed by atoms with Crippen LogP contribution in [0.5, 0.6) is 0 Å². The molecule has 18 heavy (non-hydrogen) atoms. The topological polar surface area (TPSA) is 82.3 Å². The van der Waals surface area contributed by atoms with Crippen LogP contribution in [0, 0.1) is 6.92 Å². The van der Waals surface area contributed by atoms with Crippen LogP contribution in [-0.4, -0.2) is 29.1 Å². The predicted octanol–water partition coefficient (Wildman–Crippen LogP) is 1.35. The Morgan fingerprint density at radius 3 is 3.06 bits per heavy atom. The molecule has 0 unspecified atom stereocenters. The van der Waals surface area contributed by atoms with Crippen molar-refractivity contribution in [2.75, 3.05) is 17.7 Å². The van der Waals surface area contributed by atoms with E-state index in [1.807, 2.05) is 6.92 Å². The van der Waals surface area contributed by atoms with Crippen LogP contribution in [0.4, 0.5) is 16.0 Å². The Morgan fingerprint density at radius 1 is 1.56 bits per heavy atom. The van der Waals surface area contributed by atoms with Gasteiger partial charge in [-0.2, -0.15) is 0 Å². The molecule has 1 aromatic rings. The van der Waals surface area contributed by atoms with E-state index in [0.29, 0.717) is 23.8 Å². The molecular formula is C11H15FN4O2. The molecule has 2 heterocycles. The minimum absolute atomic E-state index is 0.344. The van der Waals surface area contributed by atoms with Gasteiger partial charge in [0, 0.05) is 18.2 Å². The third-order valence-electron chi connectivity index (χ3n) is 2.54. The Kier molecular flexibility index (Phi) is 3.73. The van der Waals surface area contributed by atoms with Crippen molar-refractivity contribution in [2.45, 2.75) is 26.4 Å². The quantitative estimate of drug-likeness (QED) is 0.844. The molecule has 0 aliphatic carbocycles. The number of aromatic nitrogens is 2. The second-order valence-corrected chi connectivity index (χ2v) is 3.77. The van der Waals surface area contributed by atoms with E-state index < -0.39 is 18.3 Å².